The van der Waals surface area contributed by atoms with Gasteiger partial charge in [-0.25, -0.2) is 21.1 Å². The summed E-state index contributed by atoms with van der Waals surface area (Å²) >= 11 is 0. The maximum absolute atomic E-state index is 13.0. The maximum atomic E-state index is 13.0. The Morgan fingerprint density at radius 1 is 1.00 bits per heavy atom. The second-order valence-corrected chi connectivity index (χ2v) is 11.4. The van der Waals surface area contributed by atoms with Gasteiger partial charge in [-0.15, -0.1) is 0 Å². The van der Waals surface area contributed by atoms with Gasteiger partial charge in [0.25, 0.3) is 0 Å². The minimum atomic E-state index is -3.73. The molecule has 0 unspecified atom stereocenters. The summed E-state index contributed by atoms with van der Waals surface area (Å²) in [6, 6.07) is 5.76. The Balaban J connectivity index is 1.66. The minimum absolute atomic E-state index is 0.143. The van der Waals surface area contributed by atoms with E-state index in [9.17, 15) is 21.6 Å². The highest BCUT2D eigenvalue weighted by molar-refractivity contribution is 7.89. The zero-order valence-corrected chi connectivity index (χ0v) is 17.8. The summed E-state index contributed by atoms with van der Waals surface area (Å²) in [7, 11) is -6.96. The molecule has 1 aromatic carbocycles. The molecule has 156 valence electrons. The summed E-state index contributed by atoms with van der Waals surface area (Å²) in [4.78, 5) is 13.0. The molecule has 1 amide bonds. The molecule has 10 heteroatoms. The smallest absolute Gasteiger partial charge is 0.243 e. The number of nitrogens with one attached hydrogen (secondary N) is 1. The topological polar surface area (TPSA) is 104 Å². The predicted octanol–water partition coefficient (Wildman–Crippen LogP) is 0.688. The first-order valence-corrected chi connectivity index (χ1v) is 12.7. The second kappa shape index (κ2) is 8.10. The van der Waals surface area contributed by atoms with Crippen LogP contribution in [0.3, 0.4) is 0 Å². The predicted molar refractivity (Wildman–Crippen MR) is 106 cm³/mol. The molecule has 1 N–H and O–H groups in total. The van der Waals surface area contributed by atoms with Crippen LogP contribution >= 0.6 is 0 Å². The van der Waals surface area contributed by atoms with Gasteiger partial charge in [-0.05, 0) is 44.7 Å². The molecule has 0 radical (unpaired) electrons. The van der Waals surface area contributed by atoms with E-state index in [1.165, 1.54) is 14.9 Å². The molecular formula is C18H27N3O5S2. The van der Waals surface area contributed by atoms with Crippen molar-refractivity contribution in [2.75, 3.05) is 25.9 Å². The first kappa shape index (κ1) is 21.2. The maximum Gasteiger partial charge on any atom is 0.243 e. The van der Waals surface area contributed by atoms with Crippen molar-refractivity contribution >= 4 is 26.0 Å². The quantitative estimate of drug-likeness (QED) is 0.742. The third-order valence-electron chi connectivity index (χ3n) is 5.40. The lowest BCUT2D eigenvalue weighted by Crippen LogP contribution is -2.51. The van der Waals surface area contributed by atoms with Crippen molar-refractivity contribution in [3.63, 3.8) is 0 Å². The highest BCUT2D eigenvalue weighted by atomic mass is 32.2. The standard InChI is InChI=1S/C18H27N3O5S2/c1-14-5-7-16(8-6-14)28(25,26)21-11-3-4-17(21)18(22)19-15-9-12-20(13-10-15)27(2,23)24/h5-8,15,17H,3-4,9-13H2,1-2H3,(H,19,22)/t17-/m0/s1. The van der Waals surface area contributed by atoms with Gasteiger partial charge in [-0.1, -0.05) is 17.7 Å². The Labute approximate surface area is 167 Å². The monoisotopic (exact) mass is 429 g/mol. The van der Waals surface area contributed by atoms with E-state index in [-0.39, 0.29) is 16.8 Å². The summed E-state index contributed by atoms with van der Waals surface area (Å²) in [5.74, 6) is -0.300. The molecule has 0 bridgehead atoms. The molecule has 2 heterocycles. The zero-order valence-electron chi connectivity index (χ0n) is 16.2. The number of benzene rings is 1. The van der Waals surface area contributed by atoms with Crippen LogP contribution in [0.2, 0.25) is 0 Å². The van der Waals surface area contributed by atoms with Crippen LogP contribution in [0.1, 0.15) is 31.2 Å². The average molecular weight is 430 g/mol. The van der Waals surface area contributed by atoms with E-state index in [0.29, 0.717) is 45.3 Å². The number of hydrogen-bond donors (Lipinski definition) is 1. The van der Waals surface area contributed by atoms with Crippen molar-refractivity contribution in [1.82, 2.24) is 13.9 Å². The van der Waals surface area contributed by atoms with Crippen molar-refractivity contribution in [2.24, 2.45) is 0 Å². The number of rotatable bonds is 5. The van der Waals surface area contributed by atoms with Crippen LogP contribution in [-0.4, -0.2) is 69.3 Å². The fourth-order valence-electron chi connectivity index (χ4n) is 3.76. The summed E-state index contributed by atoms with van der Waals surface area (Å²) in [6.45, 7) is 2.93. The van der Waals surface area contributed by atoms with E-state index in [1.807, 2.05) is 6.92 Å². The number of carbonyl (C=O) groups is 1. The molecular weight excluding hydrogens is 402 g/mol. The van der Waals surface area contributed by atoms with E-state index in [1.54, 1.807) is 24.3 Å². The highest BCUT2D eigenvalue weighted by Gasteiger charge is 2.40. The molecule has 1 aromatic rings. The summed E-state index contributed by atoms with van der Waals surface area (Å²) in [5.41, 5.74) is 0.968. The summed E-state index contributed by atoms with van der Waals surface area (Å²) < 4.78 is 51.8. The van der Waals surface area contributed by atoms with Gasteiger partial charge >= 0.3 is 0 Å². The highest BCUT2D eigenvalue weighted by Crippen LogP contribution is 2.27. The number of aryl methyl sites for hydroxylation is 1. The van der Waals surface area contributed by atoms with E-state index in [4.69, 9.17) is 0 Å². The van der Waals surface area contributed by atoms with Crippen LogP contribution in [0.25, 0.3) is 0 Å². The SMILES string of the molecule is Cc1ccc(S(=O)(=O)N2CCC[C@H]2C(=O)NC2CCN(S(C)(=O)=O)CC2)cc1. The molecule has 2 saturated heterocycles. The van der Waals surface area contributed by atoms with E-state index >= 15 is 0 Å². The van der Waals surface area contributed by atoms with Gasteiger partial charge in [0.15, 0.2) is 0 Å². The number of carbonyl (C=O) groups excluding carboxylic acids is 1. The molecule has 2 fully saturated rings. The van der Waals surface area contributed by atoms with Crippen molar-refractivity contribution in [1.29, 1.82) is 0 Å². The van der Waals surface area contributed by atoms with Gasteiger partial charge in [0, 0.05) is 25.7 Å². The second-order valence-electron chi connectivity index (χ2n) is 7.53. The normalized spacial score (nSPS) is 23.0. The zero-order chi connectivity index (χ0) is 20.5. The summed E-state index contributed by atoms with van der Waals surface area (Å²) in [6.07, 6.45) is 3.35. The molecule has 3 rings (SSSR count). The fourth-order valence-corrected chi connectivity index (χ4v) is 6.30. The first-order chi connectivity index (χ1) is 13.1. The van der Waals surface area contributed by atoms with Gasteiger partial charge in [-0.2, -0.15) is 4.31 Å². The van der Waals surface area contributed by atoms with Crippen molar-refractivity contribution in [3.8, 4) is 0 Å². The van der Waals surface area contributed by atoms with Gasteiger partial charge in [0.2, 0.25) is 26.0 Å². The molecule has 28 heavy (non-hydrogen) atoms. The Hall–Kier alpha value is -1.49. The molecule has 8 nitrogen and oxygen atoms in total. The van der Waals surface area contributed by atoms with Gasteiger partial charge in [-0.3, -0.25) is 4.79 Å². The third kappa shape index (κ3) is 4.56. The lowest BCUT2D eigenvalue weighted by atomic mass is 10.1. The van der Waals surface area contributed by atoms with Crippen molar-refractivity contribution in [3.05, 3.63) is 29.8 Å². The number of amides is 1. The molecule has 2 aliphatic heterocycles. The lowest BCUT2D eigenvalue weighted by Gasteiger charge is -2.32. The van der Waals surface area contributed by atoms with Crippen LogP contribution in [0.5, 0.6) is 0 Å². The van der Waals surface area contributed by atoms with Crippen LogP contribution in [0, 0.1) is 6.92 Å². The van der Waals surface area contributed by atoms with Gasteiger partial charge in [0.05, 0.1) is 11.2 Å². The van der Waals surface area contributed by atoms with Gasteiger partial charge < -0.3 is 5.32 Å². The Bertz CT molecular complexity index is 920. The summed E-state index contributed by atoms with van der Waals surface area (Å²) in [5, 5.41) is 2.93. The van der Waals surface area contributed by atoms with Crippen LogP contribution in [-0.2, 0) is 24.8 Å². The molecule has 0 spiro atoms. The molecule has 1 atom stereocenters. The fraction of sp³-hybridized carbons (Fsp3) is 0.611. The van der Waals surface area contributed by atoms with Crippen LogP contribution in [0.15, 0.2) is 29.2 Å². The Morgan fingerprint density at radius 3 is 2.18 bits per heavy atom. The first-order valence-electron chi connectivity index (χ1n) is 9.43. The van der Waals surface area contributed by atoms with Crippen LogP contribution < -0.4 is 5.32 Å². The number of sulfonamides is 2. The third-order valence-corrected chi connectivity index (χ3v) is 8.63. The molecule has 2 aliphatic rings. The minimum Gasteiger partial charge on any atom is -0.352 e. The number of nitrogens with zero attached hydrogens (tertiary/aromatic N) is 2. The lowest BCUT2D eigenvalue weighted by molar-refractivity contribution is -0.125. The Kier molecular flexibility index (Phi) is 6.14. The van der Waals surface area contributed by atoms with Crippen LogP contribution in [0.4, 0.5) is 0 Å². The molecule has 0 aromatic heterocycles. The average Bonchev–Trinajstić information content (AvgIpc) is 3.12. The van der Waals surface area contributed by atoms with E-state index in [0.717, 1.165) is 5.56 Å². The van der Waals surface area contributed by atoms with Crippen molar-refractivity contribution in [2.45, 2.75) is 49.6 Å². The number of hydrogen-bond acceptors (Lipinski definition) is 5. The molecule has 0 aliphatic carbocycles. The van der Waals surface area contributed by atoms with Crippen molar-refractivity contribution < 1.29 is 21.6 Å². The van der Waals surface area contributed by atoms with E-state index in [2.05, 4.69) is 5.32 Å². The van der Waals surface area contributed by atoms with Gasteiger partial charge in [0.1, 0.15) is 6.04 Å². The van der Waals surface area contributed by atoms with E-state index < -0.39 is 26.1 Å². The number of piperidine rings is 1. The molecule has 0 saturated carbocycles. The largest absolute Gasteiger partial charge is 0.352 e. The Morgan fingerprint density at radius 2 is 1.61 bits per heavy atom.